The fraction of sp³-hybridized carbons (Fsp3) is 0.273. The third-order valence-corrected chi connectivity index (χ3v) is 5.76. The molecule has 1 aliphatic rings. The third-order valence-electron chi connectivity index (χ3n) is 5.45. The number of nitrogens with zero attached hydrogens (tertiary/aromatic N) is 4. The lowest BCUT2D eigenvalue weighted by Gasteiger charge is -2.34. The lowest BCUT2D eigenvalue weighted by atomic mass is 10.0. The number of halogens is 4. The molecule has 0 spiro atoms. The maximum atomic E-state index is 13.4. The number of ketones is 1. The molecule has 0 aliphatic carbocycles. The summed E-state index contributed by atoms with van der Waals surface area (Å²) in [6, 6.07) is 5.72. The summed E-state index contributed by atoms with van der Waals surface area (Å²) in [5.74, 6) is -0.545. The number of anilines is 2. The number of aromatic nitrogens is 3. The second kappa shape index (κ2) is 9.07. The number of nitrogen functional groups attached to an aromatic ring is 1. The van der Waals surface area contributed by atoms with Crippen LogP contribution in [0.2, 0.25) is 5.02 Å². The van der Waals surface area contributed by atoms with Crippen LogP contribution in [0.5, 0.6) is 0 Å². The zero-order chi connectivity index (χ0) is 24.6. The molecule has 4 rings (SSSR count). The first-order chi connectivity index (χ1) is 16.1. The molecular weight excluding hydrogens is 475 g/mol. The van der Waals surface area contributed by atoms with E-state index in [2.05, 4.69) is 10.1 Å². The molecule has 1 unspecified atom stereocenters. The maximum absolute atomic E-state index is 13.4. The Kier molecular flexibility index (Phi) is 6.32. The number of fused-ring (bicyclic) bond motifs is 1. The van der Waals surface area contributed by atoms with E-state index in [9.17, 15) is 22.8 Å². The van der Waals surface area contributed by atoms with Crippen LogP contribution in [0.15, 0.2) is 42.7 Å². The molecule has 0 saturated carbocycles. The summed E-state index contributed by atoms with van der Waals surface area (Å²) in [5.41, 5.74) is 5.60. The molecule has 3 heterocycles. The average molecular weight is 494 g/mol. The number of Topliss-reactive ketones (excluding diaryl/α,β-unsaturated/α-hetero) is 1. The Labute approximate surface area is 197 Å². The first-order valence-corrected chi connectivity index (χ1v) is 10.5. The first kappa shape index (κ1) is 23.7. The molecule has 1 aliphatic heterocycles. The number of methoxy groups -OCH3 is 1. The molecule has 12 heteroatoms. The number of rotatable bonds is 6. The van der Waals surface area contributed by atoms with Crippen LogP contribution in [0.1, 0.15) is 38.0 Å². The predicted octanol–water partition coefficient (Wildman–Crippen LogP) is 3.81. The van der Waals surface area contributed by atoms with Crippen LogP contribution in [0.25, 0.3) is 0 Å². The number of hydrogen-bond donors (Lipinski definition) is 1. The van der Waals surface area contributed by atoms with Crippen LogP contribution < -0.4 is 10.6 Å². The van der Waals surface area contributed by atoms with Gasteiger partial charge in [0, 0.05) is 36.5 Å². The van der Waals surface area contributed by atoms with E-state index in [1.165, 1.54) is 47.3 Å². The number of carbonyl (C=O) groups is 2. The molecule has 0 saturated heterocycles. The van der Waals surface area contributed by atoms with Gasteiger partial charge in [-0.25, -0.2) is 4.98 Å². The number of benzene rings is 1. The molecule has 3 aromatic rings. The third kappa shape index (κ3) is 4.48. The number of ether oxygens (including phenoxy) is 1. The number of carbonyl (C=O) groups excluding carboxylic acids is 2. The van der Waals surface area contributed by atoms with Crippen LogP contribution in [0.3, 0.4) is 0 Å². The minimum absolute atomic E-state index is 0.0956. The highest BCUT2D eigenvalue weighted by Crippen LogP contribution is 2.38. The van der Waals surface area contributed by atoms with Crippen molar-refractivity contribution in [2.24, 2.45) is 0 Å². The maximum Gasteiger partial charge on any atom is 0.417 e. The van der Waals surface area contributed by atoms with Gasteiger partial charge in [0.2, 0.25) is 0 Å². The van der Waals surface area contributed by atoms with E-state index in [0.717, 1.165) is 12.1 Å². The standard InChI is InChI=1S/C22H19ClF3N5O3/c1-34-11-15-10-30(14-3-4-16(17(23)7-14)22(24,25)26)21(33)20-13(9-29-31(15)20)6-18(32)12-2-5-19(27)28-8-12/h2-5,7-9,15H,6,10-11H2,1H3,(H2,27,28). The van der Waals surface area contributed by atoms with Crippen LogP contribution in [0, 0.1) is 0 Å². The molecule has 2 aromatic heterocycles. The largest absolute Gasteiger partial charge is 0.417 e. The smallest absolute Gasteiger partial charge is 0.384 e. The van der Waals surface area contributed by atoms with Gasteiger partial charge in [0.05, 0.1) is 36.0 Å². The highest BCUT2D eigenvalue weighted by molar-refractivity contribution is 6.31. The van der Waals surface area contributed by atoms with Gasteiger partial charge in [-0.1, -0.05) is 11.6 Å². The number of nitrogens with two attached hydrogens (primary N) is 1. The van der Waals surface area contributed by atoms with Crippen molar-refractivity contribution in [2.75, 3.05) is 30.9 Å². The summed E-state index contributed by atoms with van der Waals surface area (Å²) in [4.78, 5) is 31.4. The molecule has 0 radical (unpaired) electrons. The van der Waals surface area contributed by atoms with Crippen LogP contribution in [-0.2, 0) is 17.3 Å². The Morgan fingerprint density at radius 2 is 2.03 bits per heavy atom. The Morgan fingerprint density at radius 1 is 1.26 bits per heavy atom. The van der Waals surface area contributed by atoms with E-state index in [1.807, 2.05) is 0 Å². The quantitative estimate of drug-likeness (QED) is 0.524. The number of hydrogen-bond acceptors (Lipinski definition) is 6. The van der Waals surface area contributed by atoms with Crippen molar-refractivity contribution in [2.45, 2.75) is 18.6 Å². The summed E-state index contributed by atoms with van der Waals surface area (Å²) in [5, 5.41) is 3.76. The summed E-state index contributed by atoms with van der Waals surface area (Å²) < 4.78 is 46.1. The van der Waals surface area contributed by atoms with Gasteiger partial charge in [-0.05, 0) is 30.3 Å². The minimum atomic E-state index is -4.62. The molecule has 1 amide bonds. The molecule has 0 fully saturated rings. The molecule has 34 heavy (non-hydrogen) atoms. The van der Waals surface area contributed by atoms with Gasteiger partial charge in [0.15, 0.2) is 5.78 Å². The molecule has 8 nitrogen and oxygen atoms in total. The van der Waals surface area contributed by atoms with Gasteiger partial charge in [-0.2, -0.15) is 18.3 Å². The van der Waals surface area contributed by atoms with Gasteiger partial charge in [0.25, 0.3) is 5.91 Å². The number of pyridine rings is 1. The SMILES string of the molecule is COCC1CN(c2ccc(C(F)(F)F)c(Cl)c2)C(=O)c2c(CC(=O)c3ccc(N)nc3)cnn21. The number of amides is 1. The second-order valence-corrected chi connectivity index (χ2v) is 8.13. The Bertz CT molecular complexity index is 1240. The Balaban J connectivity index is 1.69. The van der Waals surface area contributed by atoms with Crippen molar-refractivity contribution in [3.05, 3.63) is 70.1 Å². The minimum Gasteiger partial charge on any atom is -0.384 e. The fourth-order valence-corrected chi connectivity index (χ4v) is 4.11. The Morgan fingerprint density at radius 3 is 2.65 bits per heavy atom. The van der Waals surface area contributed by atoms with E-state index in [-0.39, 0.29) is 42.6 Å². The van der Waals surface area contributed by atoms with Crippen molar-refractivity contribution in [3.8, 4) is 0 Å². The zero-order valence-corrected chi connectivity index (χ0v) is 18.6. The van der Waals surface area contributed by atoms with Gasteiger partial charge in [-0.15, -0.1) is 0 Å². The second-order valence-electron chi connectivity index (χ2n) is 7.72. The van der Waals surface area contributed by atoms with Crippen molar-refractivity contribution < 1.29 is 27.5 Å². The van der Waals surface area contributed by atoms with Crippen LogP contribution in [-0.4, -0.2) is 46.7 Å². The highest BCUT2D eigenvalue weighted by Gasteiger charge is 2.37. The Hall–Kier alpha value is -3.44. The predicted molar refractivity (Wildman–Crippen MR) is 118 cm³/mol. The molecule has 1 aromatic carbocycles. The molecular formula is C22H19ClF3N5O3. The zero-order valence-electron chi connectivity index (χ0n) is 17.8. The van der Waals surface area contributed by atoms with Crippen molar-refractivity contribution in [1.82, 2.24) is 14.8 Å². The van der Waals surface area contributed by atoms with Gasteiger partial charge >= 0.3 is 6.18 Å². The number of alkyl halides is 3. The van der Waals surface area contributed by atoms with Gasteiger partial charge < -0.3 is 15.4 Å². The van der Waals surface area contributed by atoms with Crippen molar-refractivity contribution in [1.29, 1.82) is 0 Å². The topological polar surface area (TPSA) is 103 Å². The van der Waals surface area contributed by atoms with Crippen molar-refractivity contribution in [3.63, 3.8) is 0 Å². The van der Waals surface area contributed by atoms with E-state index in [4.69, 9.17) is 22.1 Å². The summed E-state index contributed by atoms with van der Waals surface area (Å²) in [6.07, 6.45) is -1.97. The highest BCUT2D eigenvalue weighted by atomic mass is 35.5. The molecule has 2 N–H and O–H groups in total. The monoisotopic (exact) mass is 493 g/mol. The lowest BCUT2D eigenvalue weighted by Crippen LogP contribution is -2.45. The summed E-state index contributed by atoms with van der Waals surface area (Å²) in [7, 11) is 1.48. The summed E-state index contributed by atoms with van der Waals surface area (Å²) >= 11 is 5.88. The first-order valence-electron chi connectivity index (χ1n) is 10.1. The van der Waals surface area contributed by atoms with Crippen molar-refractivity contribution >= 4 is 34.8 Å². The van der Waals surface area contributed by atoms with Gasteiger partial charge in [0.1, 0.15) is 11.5 Å². The molecule has 1 atom stereocenters. The van der Waals surface area contributed by atoms with Gasteiger partial charge in [-0.3, -0.25) is 14.3 Å². The van der Waals surface area contributed by atoms with E-state index < -0.39 is 28.7 Å². The normalized spacial score (nSPS) is 16.0. The average Bonchev–Trinajstić information content (AvgIpc) is 3.19. The van der Waals surface area contributed by atoms with Crippen LogP contribution >= 0.6 is 11.6 Å². The summed E-state index contributed by atoms with van der Waals surface area (Å²) in [6.45, 7) is 0.278. The molecule has 178 valence electrons. The fourth-order valence-electron chi connectivity index (χ4n) is 3.82. The van der Waals surface area contributed by atoms with E-state index in [0.29, 0.717) is 11.1 Å². The van der Waals surface area contributed by atoms with Crippen LogP contribution in [0.4, 0.5) is 24.7 Å². The van der Waals surface area contributed by atoms with E-state index >= 15 is 0 Å². The lowest BCUT2D eigenvalue weighted by molar-refractivity contribution is -0.137. The molecule has 0 bridgehead atoms. The van der Waals surface area contributed by atoms with E-state index in [1.54, 1.807) is 0 Å².